The summed E-state index contributed by atoms with van der Waals surface area (Å²) < 4.78 is 0. The molecular weight excluding hydrogens is 329 g/mol. The van der Waals surface area contributed by atoms with Gasteiger partial charge in [-0.05, 0) is 59.5 Å². The Morgan fingerprint density at radius 2 is 1.74 bits per heavy atom. The van der Waals surface area contributed by atoms with E-state index in [-0.39, 0.29) is 5.78 Å². The van der Waals surface area contributed by atoms with Gasteiger partial charge in [0, 0.05) is 5.56 Å². The zero-order valence-electron chi connectivity index (χ0n) is 12.3. The van der Waals surface area contributed by atoms with Crippen molar-refractivity contribution in [2.45, 2.75) is 6.92 Å². The average Bonchev–Trinajstić information content (AvgIpc) is 2.54. The van der Waals surface area contributed by atoms with Crippen LogP contribution in [0.1, 0.15) is 17.3 Å². The Hall–Kier alpha value is -2.16. The van der Waals surface area contributed by atoms with Gasteiger partial charge in [0.15, 0.2) is 5.78 Å². The second-order valence-electron chi connectivity index (χ2n) is 5.11. The van der Waals surface area contributed by atoms with Crippen LogP contribution in [0.25, 0.3) is 22.3 Å². The molecule has 3 aromatic rings. The van der Waals surface area contributed by atoms with E-state index in [9.17, 15) is 4.79 Å². The summed E-state index contributed by atoms with van der Waals surface area (Å²) in [5, 5.41) is 0.674. The van der Waals surface area contributed by atoms with Gasteiger partial charge in [-0.1, -0.05) is 53.5 Å². The number of halogens is 2. The fourth-order valence-corrected chi connectivity index (χ4v) is 2.91. The fourth-order valence-electron chi connectivity index (χ4n) is 2.45. The minimum absolute atomic E-state index is 0.0308. The molecule has 0 atom stereocenters. The average molecular weight is 341 g/mol. The van der Waals surface area contributed by atoms with Gasteiger partial charge >= 0.3 is 0 Å². The topological polar surface area (TPSA) is 30.0 Å². The zero-order chi connectivity index (χ0) is 16.4. The summed E-state index contributed by atoms with van der Waals surface area (Å²) in [4.78, 5) is 15.6. The van der Waals surface area contributed by atoms with E-state index in [1.807, 2.05) is 36.4 Å². The molecular formula is C19H12Cl2NO. The number of hydrogen-bond donors (Lipinski definition) is 0. The molecule has 0 aliphatic heterocycles. The number of pyridine rings is 1. The van der Waals surface area contributed by atoms with Crippen LogP contribution in [-0.4, -0.2) is 10.8 Å². The maximum Gasteiger partial charge on any atom is 0.159 e. The Bertz CT molecular complexity index is 870. The molecule has 1 aromatic heterocycles. The minimum Gasteiger partial charge on any atom is -0.295 e. The highest BCUT2D eigenvalue weighted by Crippen LogP contribution is 2.34. The monoisotopic (exact) mass is 340 g/mol. The zero-order valence-corrected chi connectivity index (χ0v) is 13.8. The van der Waals surface area contributed by atoms with Crippen LogP contribution >= 0.6 is 23.2 Å². The van der Waals surface area contributed by atoms with E-state index in [0.717, 1.165) is 22.3 Å². The highest BCUT2D eigenvalue weighted by atomic mass is 35.5. The van der Waals surface area contributed by atoms with Crippen molar-refractivity contribution in [3.63, 3.8) is 0 Å². The highest BCUT2D eigenvalue weighted by molar-refractivity contribution is 6.32. The van der Waals surface area contributed by atoms with Crippen molar-refractivity contribution in [1.29, 1.82) is 0 Å². The number of hydrogen-bond acceptors (Lipinski definition) is 2. The first-order chi connectivity index (χ1) is 11.0. The standard InChI is InChI=1S/C19H12Cl2NO/c1-12(23)13-5-4-6-14(9-13)16-7-2-3-8-17(16)15-10-18(20)22-19(21)11-15/h3-11H,1H3. The molecule has 0 N–H and O–H groups in total. The van der Waals surface area contributed by atoms with Crippen molar-refractivity contribution >= 4 is 29.0 Å². The van der Waals surface area contributed by atoms with Gasteiger partial charge in [0.05, 0.1) is 0 Å². The highest BCUT2D eigenvalue weighted by Gasteiger charge is 2.10. The molecule has 0 aliphatic rings. The summed E-state index contributed by atoms with van der Waals surface area (Å²) in [7, 11) is 0. The van der Waals surface area contributed by atoms with E-state index in [1.54, 1.807) is 25.1 Å². The molecule has 0 bridgehead atoms. The summed E-state index contributed by atoms with van der Waals surface area (Å²) in [6, 6.07) is 19.8. The van der Waals surface area contributed by atoms with Crippen LogP contribution in [0.3, 0.4) is 0 Å². The third-order valence-corrected chi connectivity index (χ3v) is 3.91. The van der Waals surface area contributed by atoms with Crippen LogP contribution in [0.15, 0.2) is 54.6 Å². The van der Waals surface area contributed by atoms with Gasteiger partial charge in [0.2, 0.25) is 0 Å². The fraction of sp³-hybridized carbons (Fsp3) is 0.0526. The predicted octanol–water partition coefficient (Wildman–Crippen LogP) is 5.73. The summed E-state index contributed by atoms with van der Waals surface area (Å²) >= 11 is 12.0. The molecule has 0 spiro atoms. The lowest BCUT2D eigenvalue weighted by molar-refractivity contribution is 0.101. The molecule has 1 radical (unpaired) electrons. The van der Waals surface area contributed by atoms with Crippen molar-refractivity contribution in [2.75, 3.05) is 0 Å². The SMILES string of the molecule is CC(=O)c1cccc(-c2c[c]ccc2-c2cc(Cl)nc(Cl)c2)c1. The summed E-state index contributed by atoms with van der Waals surface area (Å²) in [5.41, 5.74) is 4.38. The molecule has 0 saturated heterocycles. The van der Waals surface area contributed by atoms with Crippen LogP contribution in [0.2, 0.25) is 10.3 Å². The number of rotatable bonds is 3. The normalized spacial score (nSPS) is 10.6. The first kappa shape index (κ1) is 15.7. The maximum atomic E-state index is 11.6. The van der Waals surface area contributed by atoms with Crippen LogP contribution in [0.4, 0.5) is 0 Å². The molecule has 0 amide bonds. The van der Waals surface area contributed by atoms with E-state index >= 15 is 0 Å². The van der Waals surface area contributed by atoms with Gasteiger partial charge in [0.1, 0.15) is 10.3 Å². The Labute approximate surface area is 144 Å². The predicted molar refractivity (Wildman–Crippen MR) is 94.0 cm³/mol. The van der Waals surface area contributed by atoms with E-state index in [1.165, 1.54) is 0 Å². The molecule has 2 nitrogen and oxygen atoms in total. The third-order valence-electron chi connectivity index (χ3n) is 3.52. The lowest BCUT2D eigenvalue weighted by atomic mass is 9.94. The Kier molecular flexibility index (Phi) is 4.46. The van der Waals surface area contributed by atoms with Gasteiger partial charge in [0.25, 0.3) is 0 Å². The van der Waals surface area contributed by atoms with Gasteiger partial charge in [-0.25, -0.2) is 4.98 Å². The largest absolute Gasteiger partial charge is 0.295 e. The number of carbonyl (C=O) groups is 1. The van der Waals surface area contributed by atoms with E-state index < -0.39 is 0 Å². The van der Waals surface area contributed by atoms with E-state index in [0.29, 0.717) is 15.9 Å². The molecule has 4 heteroatoms. The summed E-state index contributed by atoms with van der Waals surface area (Å²) in [6.45, 7) is 1.56. The number of aromatic nitrogens is 1. The molecule has 0 unspecified atom stereocenters. The molecule has 23 heavy (non-hydrogen) atoms. The Balaban J connectivity index is 2.18. The van der Waals surface area contributed by atoms with Crippen molar-refractivity contribution in [3.05, 3.63) is 76.5 Å². The second-order valence-corrected chi connectivity index (χ2v) is 5.88. The molecule has 0 aliphatic carbocycles. The Morgan fingerprint density at radius 3 is 2.43 bits per heavy atom. The lowest BCUT2D eigenvalue weighted by Gasteiger charge is -2.11. The van der Waals surface area contributed by atoms with Gasteiger partial charge in [-0.2, -0.15) is 0 Å². The second kappa shape index (κ2) is 6.53. The number of Topliss-reactive ketones (excluding diaryl/α,β-unsaturated/α-hetero) is 1. The van der Waals surface area contributed by atoms with Crippen molar-refractivity contribution in [2.24, 2.45) is 0 Å². The molecule has 1 heterocycles. The molecule has 0 fully saturated rings. The van der Waals surface area contributed by atoms with E-state index in [4.69, 9.17) is 23.2 Å². The number of carbonyl (C=O) groups excluding carboxylic acids is 1. The number of benzene rings is 2. The smallest absolute Gasteiger partial charge is 0.159 e. The molecule has 2 aromatic carbocycles. The van der Waals surface area contributed by atoms with Gasteiger partial charge in [-0.3, -0.25) is 4.79 Å². The first-order valence-electron chi connectivity index (χ1n) is 6.99. The van der Waals surface area contributed by atoms with Gasteiger partial charge < -0.3 is 0 Å². The van der Waals surface area contributed by atoms with Crippen LogP contribution in [-0.2, 0) is 0 Å². The number of nitrogens with zero attached hydrogens (tertiary/aromatic N) is 1. The lowest BCUT2D eigenvalue weighted by Crippen LogP contribution is -1.93. The van der Waals surface area contributed by atoms with Crippen molar-refractivity contribution < 1.29 is 4.79 Å². The van der Waals surface area contributed by atoms with Crippen LogP contribution < -0.4 is 0 Å². The summed E-state index contributed by atoms with van der Waals surface area (Å²) in [5.74, 6) is 0.0308. The molecule has 113 valence electrons. The van der Waals surface area contributed by atoms with Crippen LogP contribution in [0.5, 0.6) is 0 Å². The Morgan fingerprint density at radius 1 is 1.00 bits per heavy atom. The van der Waals surface area contributed by atoms with Gasteiger partial charge in [-0.15, -0.1) is 0 Å². The van der Waals surface area contributed by atoms with Crippen LogP contribution in [0, 0.1) is 6.07 Å². The van der Waals surface area contributed by atoms with E-state index in [2.05, 4.69) is 11.1 Å². The minimum atomic E-state index is 0.0308. The van der Waals surface area contributed by atoms with Crippen molar-refractivity contribution in [1.82, 2.24) is 4.98 Å². The third kappa shape index (κ3) is 3.44. The first-order valence-corrected chi connectivity index (χ1v) is 7.75. The molecule has 3 rings (SSSR count). The maximum absolute atomic E-state index is 11.6. The number of ketones is 1. The van der Waals surface area contributed by atoms with Crippen molar-refractivity contribution in [3.8, 4) is 22.3 Å². The quantitative estimate of drug-likeness (QED) is 0.450. The molecule has 0 saturated carbocycles. The summed E-state index contributed by atoms with van der Waals surface area (Å²) in [6.07, 6.45) is 0.